The second kappa shape index (κ2) is 7.36. The summed E-state index contributed by atoms with van der Waals surface area (Å²) in [6.07, 6.45) is 4.19. The molecule has 0 atom stereocenters. The fraction of sp³-hybridized carbons (Fsp3) is 0.318. The molecule has 3 aromatic rings. The zero-order chi connectivity index (χ0) is 20.8. The maximum absolute atomic E-state index is 12.4. The molecule has 30 heavy (non-hydrogen) atoms. The van der Waals surface area contributed by atoms with Gasteiger partial charge in [0.1, 0.15) is 12.1 Å². The minimum atomic E-state index is -0.0863. The van der Waals surface area contributed by atoms with Crippen molar-refractivity contribution < 1.29 is 4.74 Å². The first-order valence-corrected chi connectivity index (χ1v) is 10.8. The van der Waals surface area contributed by atoms with E-state index in [1.165, 1.54) is 10.5 Å². The van der Waals surface area contributed by atoms with Crippen LogP contribution in [0.1, 0.15) is 37.4 Å². The summed E-state index contributed by atoms with van der Waals surface area (Å²) in [5.74, 6) is 1.72. The Labute approximate surface area is 178 Å². The van der Waals surface area contributed by atoms with Gasteiger partial charge in [0.2, 0.25) is 5.95 Å². The number of benzene rings is 1. The van der Waals surface area contributed by atoms with Gasteiger partial charge in [-0.2, -0.15) is 10.1 Å². The molecule has 2 aliphatic heterocycles. The summed E-state index contributed by atoms with van der Waals surface area (Å²) in [6.45, 7) is 7.53. The molecule has 0 saturated heterocycles. The third-order valence-corrected chi connectivity index (χ3v) is 6.56. The summed E-state index contributed by atoms with van der Waals surface area (Å²) < 4.78 is 10.2. The number of pyridine rings is 1. The van der Waals surface area contributed by atoms with E-state index in [-0.39, 0.29) is 11.6 Å². The van der Waals surface area contributed by atoms with Crippen molar-refractivity contribution in [3.63, 3.8) is 0 Å². The molecule has 5 rings (SSSR count). The topological polar surface area (TPSA) is 76.0 Å². The van der Waals surface area contributed by atoms with E-state index < -0.39 is 0 Å². The van der Waals surface area contributed by atoms with E-state index in [0.717, 1.165) is 41.4 Å². The summed E-state index contributed by atoms with van der Waals surface area (Å²) >= 11 is 1.71. The number of fused-ring (bicyclic) bond motifs is 2. The molecule has 7 nitrogen and oxygen atoms in total. The van der Waals surface area contributed by atoms with Crippen LogP contribution in [-0.4, -0.2) is 32.9 Å². The molecule has 0 amide bonds. The summed E-state index contributed by atoms with van der Waals surface area (Å²) in [5.41, 5.74) is 4.78. The Morgan fingerprint density at radius 3 is 2.93 bits per heavy atom. The highest BCUT2D eigenvalue weighted by Gasteiger charge is 2.31. The van der Waals surface area contributed by atoms with E-state index in [1.54, 1.807) is 24.5 Å². The number of anilines is 1. The smallest absolute Gasteiger partial charge is 0.255 e. The van der Waals surface area contributed by atoms with E-state index in [2.05, 4.69) is 39.3 Å². The molecule has 0 aliphatic carbocycles. The minimum Gasteiger partial charge on any atom is -0.493 e. The van der Waals surface area contributed by atoms with Gasteiger partial charge in [0, 0.05) is 28.6 Å². The van der Waals surface area contributed by atoms with Gasteiger partial charge in [0.15, 0.2) is 0 Å². The lowest BCUT2D eigenvalue weighted by atomic mass is 9.98. The van der Waals surface area contributed by atoms with Crippen LogP contribution in [0.15, 0.2) is 46.5 Å². The standard InChI is InChI=1S/C22H23N5O2S/c1-13(2)27-22(24-12-25-27)26-11-18-17-9-15(16-8-14(3)10-23-21(16)28)4-5-19(17)29-7-6-20(18)30-26/h4-5,8-10,12-13H,6-7,11H2,1-3H3,(H,23,28). The first-order chi connectivity index (χ1) is 14.5. The van der Waals surface area contributed by atoms with Crippen molar-refractivity contribution in [2.45, 2.75) is 33.2 Å². The second-order valence-corrected chi connectivity index (χ2v) is 8.97. The number of aryl methyl sites for hydroxylation is 1. The monoisotopic (exact) mass is 421 g/mol. The van der Waals surface area contributed by atoms with Gasteiger partial charge in [-0.25, -0.2) is 4.68 Å². The highest BCUT2D eigenvalue weighted by molar-refractivity contribution is 8.04. The molecule has 2 aromatic heterocycles. The summed E-state index contributed by atoms with van der Waals surface area (Å²) in [4.78, 5) is 21.0. The Hall–Kier alpha value is -3.00. The van der Waals surface area contributed by atoms with Gasteiger partial charge in [0.25, 0.3) is 5.56 Å². The van der Waals surface area contributed by atoms with Gasteiger partial charge >= 0.3 is 0 Å². The summed E-state index contributed by atoms with van der Waals surface area (Å²) in [5, 5.41) is 4.38. The van der Waals surface area contributed by atoms with Gasteiger partial charge in [-0.15, -0.1) is 0 Å². The number of H-pyrrole nitrogens is 1. The SMILES string of the molecule is Cc1c[nH]c(=O)c(-c2ccc3c(c2)C2=C(CCO3)SN(c3ncnn3C(C)C)C2)c1. The summed E-state index contributed by atoms with van der Waals surface area (Å²) in [6, 6.07) is 8.18. The number of aromatic nitrogens is 4. The first kappa shape index (κ1) is 19.0. The molecular formula is C22H23N5O2S. The highest BCUT2D eigenvalue weighted by Crippen LogP contribution is 2.46. The molecule has 8 heteroatoms. The maximum atomic E-state index is 12.4. The average molecular weight is 422 g/mol. The van der Waals surface area contributed by atoms with Crippen LogP contribution < -0.4 is 14.6 Å². The van der Waals surface area contributed by atoms with E-state index >= 15 is 0 Å². The van der Waals surface area contributed by atoms with Crippen molar-refractivity contribution in [3.05, 3.63) is 63.2 Å². The summed E-state index contributed by atoms with van der Waals surface area (Å²) in [7, 11) is 0. The van der Waals surface area contributed by atoms with E-state index in [0.29, 0.717) is 12.2 Å². The normalized spacial score (nSPS) is 15.8. The van der Waals surface area contributed by atoms with Crippen molar-refractivity contribution in [1.29, 1.82) is 0 Å². The number of aromatic amines is 1. The molecule has 0 saturated carbocycles. The lowest BCUT2D eigenvalue weighted by Gasteiger charge is -2.20. The van der Waals surface area contributed by atoms with Gasteiger partial charge < -0.3 is 9.72 Å². The van der Waals surface area contributed by atoms with Crippen LogP contribution in [0, 0.1) is 6.92 Å². The predicted octanol–water partition coefficient (Wildman–Crippen LogP) is 4.18. The van der Waals surface area contributed by atoms with Crippen molar-refractivity contribution >= 4 is 23.5 Å². The maximum Gasteiger partial charge on any atom is 0.255 e. The van der Waals surface area contributed by atoms with E-state index in [9.17, 15) is 4.79 Å². The molecule has 1 N–H and O–H groups in total. The van der Waals surface area contributed by atoms with Crippen LogP contribution in [0.3, 0.4) is 0 Å². The minimum absolute atomic E-state index is 0.0863. The lowest BCUT2D eigenvalue weighted by molar-refractivity contribution is 0.326. The Kier molecular flexibility index (Phi) is 4.66. The second-order valence-electron chi connectivity index (χ2n) is 7.86. The molecule has 0 unspecified atom stereocenters. The largest absolute Gasteiger partial charge is 0.493 e. The fourth-order valence-electron chi connectivity index (χ4n) is 3.90. The Morgan fingerprint density at radius 2 is 2.10 bits per heavy atom. The average Bonchev–Trinajstić information content (AvgIpc) is 3.34. The molecule has 4 heterocycles. The van der Waals surface area contributed by atoms with Gasteiger partial charge in [-0.3, -0.25) is 9.10 Å². The Bertz CT molecular complexity index is 1210. The molecule has 0 bridgehead atoms. The molecule has 1 aromatic carbocycles. The van der Waals surface area contributed by atoms with Crippen molar-refractivity contribution in [2.24, 2.45) is 0 Å². The molecule has 0 radical (unpaired) electrons. The third kappa shape index (κ3) is 3.21. The van der Waals surface area contributed by atoms with Crippen molar-refractivity contribution in [2.75, 3.05) is 17.5 Å². The predicted molar refractivity (Wildman–Crippen MR) is 120 cm³/mol. The number of hydrogen-bond donors (Lipinski definition) is 1. The highest BCUT2D eigenvalue weighted by atomic mass is 32.2. The molecule has 0 fully saturated rings. The van der Waals surface area contributed by atoms with Crippen LogP contribution in [0.5, 0.6) is 5.75 Å². The van der Waals surface area contributed by atoms with Crippen LogP contribution in [0.2, 0.25) is 0 Å². The molecular weight excluding hydrogens is 398 g/mol. The van der Waals surface area contributed by atoms with E-state index in [1.807, 2.05) is 29.8 Å². The van der Waals surface area contributed by atoms with Crippen molar-refractivity contribution in [3.8, 4) is 16.9 Å². The van der Waals surface area contributed by atoms with Crippen LogP contribution in [-0.2, 0) is 0 Å². The first-order valence-electron chi connectivity index (χ1n) is 10.0. The number of ether oxygens (including phenoxy) is 1. The van der Waals surface area contributed by atoms with Crippen LogP contribution in [0.4, 0.5) is 5.95 Å². The number of hydrogen-bond acceptors (Lipinski definition) is 6. The molecule has 154 valence electrons. The fourth-order valence-corrected chi connectivity index (χ4v) is 5.03. The third-order valence-electron chi connectivity index (χ3n) is 5.38. The Morgan fingerprint density at radius 1 is 1.23 bits per heavy atom. The Balaban J connectivity index is 1.55. The molecule has 2 aliphatic rings. The number of rotatable bonds is 3. The van der Waals surface area contributed by atoms with Gasteiger partial charge in [0.05, 0.1) is 19.2 Å². The van der Waals surface area contributed by atoms with Gasteiger partial charge in [-0.05, 0) is 67.6 Å². The number of nitrogens with zero attached hydrogens (tertiary/aromatic N) is 4. The van der Waals surface area contributed by atoms with Gasteiger partial charge in [-0.1, -0.05) is 6.07 Å². The van der Waals surface area contributed by atoms with Crippen LogP contribution in [0.25, 0.3) is 16.7 Å². The van der Waals surface area contributed by atoms with Crippen molar-refractivity contribution in [1.82, 2.24) is 19.7 Å². The number of nitrogens with one attached hydrogen (secondary N) is 1. The zero-order valence-electron chi connectivity index (χ0n) is 17.2. The lowest BCUT2D eigenvalue weighted by Crippen LogP contribution is -2.19. The zero-order valence-corrected chi connectivity index (χ0v) is 18.0. The van der Waals surface area contributed by atoms with Crippen LogP contribution >= 0.6 is 11.9 Å². The quantitative estimate of drug-likeness (QED) is 0.639. The molecule has 0 spiro atoms. The van der Waals surface area contributed by atoms with E-state index in [4.69, 9.17) is 4.74 Å².